The zero-order valence-electron chi connectivity index (χ0n) is 6.98. The lowest BCUT2D eigenvalue weighted by Gasteiger charge is -1.75. The molecule has 1 aliphatic rings. The Labute approximate surface area is 84.2 Å². The van der Waals surface area contributed by atoms with Crippen molar-refractivity contribution in [1.82, 2.24) is 4.72 Å². The van der Waals surface area contributed by atoms with E-state index in [1.807, 2.05) is 11.6 Å². The Kier molecular flexibility index (Phi) is 12.2. The van der Waals surface area contributed by atoms with E-state index in [0.29, 0.717) is 0 Å². The molecular weight excluding hydrogens is 212 g/mol. The molecule has 0 atom stereocenters. The van der Waals surface area contributed by atoms with Gasteiger partial charge < -0.3 is 21.3 Å². The summed E-state index contributed by atoms with van der Waals surface area (Å²) in [6.45, 7) is 1.08. The normalized spacial score (nSPS) is 11.2. The summed E-state index contributed by atoms with van der Waals surface area (Å²) < 4.78 is 2.92. The number of carboxylic acids is 1. The van der Waals surface area contributed by atoms with Gasteiger partial charge in [0, 0.05) is 29.5 Å². The third-order valence-electron chi connectivity index (χ3n) is 0.288. The number of nitrogens with two attached hydrogens (primary N) is 2. The minimum atomic E-state index is -0.833. The summed E-state index contributed by atoms with van der Waals surface area (Å²) in [6, 6.07) is 0. The Morgan fingerprint density at radius 1 is 1.62 bits per heavy atom. The summed E-state index contributed by atoms with van der Waals surface area (Å²) in [7, 11) is 3.33. The van der Waals surface area contributed by atoms with E-state index in [0.717, 1.165) is 6.92 Å². The first-order valence-corrected chi connectivity index (χ1v) is 5.20. The van der Waals surface area contributed by atoms with Gasteiger partial charge in [-0.05, 0) is 10.8 Å². The molecule has 0 aliphatic carbocycles. The SMILES string of the molecule is C1=CSSN1.CC(=O)O.N=C(N)N. The quantitative estimate of drug-likeness (QED) is 0.173. The average molecular weight is 224 g/mol. The molecule has 13 heavy (non-hydrogen) atoms. The van der Waals surface area contributed by atoms with Gasteiger partial charge in [0.25, 0.3) is 5.97 Å². The average Bonchev–Trinajstić information content (AvgIpc) is 2.35. The summed E-state index contributed by atoms with van der Waals surface area (Å²) in [5.41, 5.74) is 8.94. The fourth-order valence-corrected chi connectivity index (χ4v) is 1.25. The molecule has 0 spiro atoms. The van der Waals surface area contributed by atoms with Gasteiger partial charge in [0.2, 0.25) is 0 Å². The Morgan fingerprint density at radius 2 is 2.00 bits per heavy atom. The summed E-state index contributed by atoms with van der Waals surface area (Å²) in [4.78, 5) is 9.00. The van der Waals surface area contributed by atoms with Gasteiger partial charge in [-0.3, -0.25) is 10.2 Å². The van der Waals surface area contributed by atoms with Crippen LogP contribution in [0.1, 0.15) is 6.92 Å². The number of aliphatic carboxylic acids is 1. The topological polar surface area (TPSA) is 125 Å². The van der Waals surface area contributed by atoms with Gasteiger partial charge in [-0.15, -0.1) is 0 Å². The van der Waals surface area contributed by atoms with Crippen molar-refractivity contribution < 1.29 is 9.90 Å². The predicted molar refractivity (Wildman–Crippen MR) is 56.9 cm³/mol. The van der Waals surface area contributed by atoms with Crippen molar-refractivity contribution in [2.24, 2.45) is 11.5 Å². The van der Waals surface area contributed by atoms with Crippen LogP contribution in [0, 0.1) is 5.41 Å². The zero-order chi connectivity index (χ0) is 10.7. The number of nitrogens with one attached hydrogen (secondary N) is 2. The second kappa shape index (κ2) is 11.0. The molecular formula is C5H12N4O2S2. The summed E-state index contributed by atoms with van der Waals surface area (Å²) in [5, 5.41) is 15.5. The van der Waals surface area contributed by atoms with Crippen molar-refractivity contribution in [3.05, 3.63) is 11.6 Å². The van der Waals surface area contributed by atoms with Crippen molar-refractivity contribution in [3.63, 3.8) is 0 Å². The van der Waals surface area contributed by atoms with Crippen LogP contribution in [-0.2, 0) is 4.79 Å². The standard InChI is InChI=1S/C2H3NS2.C2H4O2.CH5N3/c1-2-4-5-3-1;1-2(3)4;2-1(3)4/h1-3H;1H3,(H,3,4);(H5,2,3,4). The van der Waals surface area contributed by atoms with Crippen LogP contribution in [-0.4, -0.2) is 17.0 Å². The van der Waals surface area contributed by atoms with Crippen LogP contribution >= 0.6 is 21.8 Å². The first kappa shape index (κ1) is 14.5. The highest BCUT2D eigenvalue weighted by atomic mass is 33.1. The zero-order valence-corrected chi connectivity index (χ0v) is 8.61. The van der Waals surface area contributed by atoms with Crippen molar-refractivity contribution in [2.75, 3.05) is 0 Å². The number of carbonyl (C=O) groups is 1. The van der Waals surface area contributed by atoms with E-state index in [1.54, 1.807) is 21.8 Å². The van der Waals surface area contributed by atoms with E-state index in [2.05, 4.69) is 16.2 Å². The lowest BCUT2D eigenvalue weighted by Crippen LogP contribution is -2.20. The molecule has 0 aromatic heterocycles. The van der Waals surface area contributed by atoms with E-state index < -0.39 is 5.97 Å². The number of rotatable bonds is 0. The Hall–Kier alpha value is -1.02. The predicted octanol–water partition coefficient (Wildman–Crippen LogP) is 0.287. The molecule has 76 valence electrons. The third kappa shape index (κ3) is 55.9. The Morgan fingerprint density at radius 3 is 2.08 bits per heavy atom. The Balaban J connectivity index is 0. The molecule has 8 heteroatoms. The molecule has 0 unspecified atom stereocenters. The first-order valence-electron chi connectivity index (χ1n) is 2.98. The molecule has 1 aliphatic heterocycles. The van der Waals surface area contributed by atoms with Gasteiger partial charge in [-0.1, -0.05) is 0 Å². The van der Waals surface area contributed by atoms with Gasteiger partial charge in [0.15, 0.2) is 5.96 Å². The number of hydrogen-bond donors (Lipinski definition) is 5. The molecule has 0 radical (unpaired) electrons. The number of guanidine groups is 1. The van der Waals surface area contributed by atoms with E-state index in [1.165, 1.54) is 0 Å². The lowest BCUT2D eigenvalue weighted by molar-refractivity contribution is -0.134. The molecule has 1 rings (SSSR count). The monoisotopic (exact) mass is 224 g/mol. The molecule has 0 aromatic rings. The van der Waals surface area contributed by atoms with Gasteiger partial charge in [0.1, 0.15) is 0 Å². The lowest BCUT2D eigenvalue weighted by atomic mass is 10.9. The van der Waals surface area contributed by atoms with Crippen LogP contribution in [0.3, 0.4) is 0 Å². The fraction of sp³-hybridized carbons (Fsp3) is 0.200. The second-order valence-electron chi connectivity index (χ2n) is 1.57. The molecule has 7 N–H and O–H groups in total. The largest absolute Gasteiger partial charge is 0.481 e. The van der Waals surface area contributed by atoms with E-state index in [-0.39, 0.29) is 5.96 Å². The van der Waals surface area contributed by atoms with E-state index >= 15 is 0 Å². The van der Waals surface area contributed by atoms with Gasteiger partial charge in [-0.2, -0.15) is 0 Å². The van der Waals surface area contributed by atoms with Crippen molar-refractivity contribution >= 4 is 33.7 Å². The maximum atomic E-state index is 9.00. The van der Waals surface area contributed by atoms with E-state index in [9.17, 15) is 0 Å². The highest BCUT2D eigenvalue weighted by Gasteiger charge is 1.83. The van der Waals surface area contributed by atoms with Crippen LogP contribution in [0.25, 0.3) is 0 Å². The molecule has 0 bridgehead atoms. The fourth-order valence-electron chi connectivity index (χ4n) is 0.139. The Bertz CT molecular complexity index is 159. The maximum absolute atomic E-state index is 9.00. The minimum absolute atomic E-state index is 0.333. The molecule has 0 fully saturated rings. The highest BCUT2D eigenvalue weighted by molar-refractivity contribution is 8.77. The van der Waals surface area contributed by atoms with Gasteiger partial charge in [-0.25, -0.2) is 0 Å². The summed E-state index contributed by atoms with van der Waals surface area (Å²) >= 11 is 0. The molecule has 1 heterocycles. The number of carboxylic acid groups (broad SMARTS) is 1. The highest BCUT2D eigenvalue weighted by Crippen LogP contribution is 2.22. The van der Waals surface area contributed by atoms with Crippen molar-refractivity contribution in [3.8, 4) is 0 Å². The van der Waals surface area contributed by atoms with Crippen LogP contribution in [0.5, 0.6) is 0 Å². The molecule has 0 amide bonds. The summed E-state index contributed by atoms with van der Waals surface area (Å²) in [5.74, 6) is -1.17. The van der Waals surface area contributed by atoms with Crippen LogP contribution in [0.15, 0.2) is 11.6 Å². The van der Waals surface area contributed by atoms with Crippen LogP contribution in [0.4, 0.5) is 0 Å². The van der Waals surface area contributed by atoms with Gasteiger partial charge >= 0.3 is 0 Å². The van der Waals surface area contributed by atoms with Crippen molar-refractivity contribution in [2.45, 2.75) is 6.92 Å². The van der Waals surface area contributed by atoms with Gasteiger partial charge in [0.05, 0.1) is 0 Å². The smallest absolute Gasteiger partial charge is 0.300 e. The first-order chi connectivity index (χ1) is 5.96. The molecule has 0 saturated heterocycles. The number of hydrogen-bond acceptors (Lipinski definition) is 5. The maximum Gasteiger partial charge on any atom is 0.300 e. The van der Waals surface area contributed by atoms with Crippen molar-refractivity contribution in [1.29, 1.82) is 5.41 Å². The molecule has 6 nitrogen and oxygen atoms in total. The molecule has 0 saturated carbocycles. The van der Waals surface area contributed by atoms with E-state index in [4.69, 9.17) is 15.3 Å². The van der Waals surface area contributed by atoms with Crippen LogP contribution < -0.4 is 16.2 Å². The second-order valence-corrected chi connectivity index (χ2v) is 3.52. The minimum Gasteiger partial charge on any atom is -0.481 e. The summed E-state index contributed by atoms with van der Waals surface area (Å²) in [6.07, 6.45) is 1.91. The third-order valence-corrected chi connectivity index (χ3v) is 1.77. The van der Waals surface area contributed by atoms with Crippen LogP contribution in [0.2, 0.25) is 0 Å². The molecule has 0 aromatic carbocycles.